The zero-order valence-electron chi connectivity index (χ0n) is 5.92. The third kappa shape index (κ3) is 1.19. The van der Waals surface area contributed by atoms with E-state index in [-0.39, 0.29) is 6.10 Å². The van der Waals surface area contributed by atoms with Gasteiger partial charge in [-0.1, -0.05) is 0 Å². The summed E-state index contributed by atoms with van der Waals surface area (Å²) in [6.07, 6.45) is 3.20. The molecular weight excluding hydrogens is 206 g/mol. The lowest BCUT2D eigenvalue weighted by Crippen LogP contribution is -1.91. The van der Waals surface area contributed by atoms with Crippen molar-refractivity contribution in [1.82, 2.24) is 4.98 Å². The molecule has 2 rings (SSSR count). The maximum Gasteiger partial charge on any atom is 0.0811 e. The number of aromatic nitrogens is 1. The standard InChI is InChI=1S/C8H8BrNO/c9-5-3-6-7(10-4-5)1-2-8(6)11/h3-4,8,11H,1-2H2. The van der Waals surface area contributed by atoms with E-state index in [0.29, 0.717) is 0 Å². The van der Waals surface area contributed by atoms with Crippen LogP contribution in [0.25, 0.3) is 0 Å². The van der Waals surface area contributed by atoms with Crippen LogP contribution in [0.15, 0.2) is 16.7 Å². The maximum atomic E-state index is 9.44. The van der Waals surface area contributed by atoms with Gasteiger partial charge in [0.2, 0.25) is 0 Å². The molecule has 0 fully saturated rings. The number of aliphatic hydroxyl groups excluding tert-OH is 1. The number of pyridine rings is 1. The van der Waals surface area contributed by atoms with Gasteiger partial charge in [0, 0.05) is 21.9 Å². The molecule has 0 saturated carbocycles. The van der Waals surface area contributed by atoms with Gasteiger partial charge in [0.05, 0.1) is 6.10 Å². The van der Waals surface area contributed by atoms with Crippen LogP contribution in [0.2, 0.25) is 0 Å². The van der Waals surface area contributed by atoms with Crippen molar-refractivity contribution in [2.24, 2.45) is 0 Å². The molecule has 0 saturated heterocycles. The zero-order chi connectivity index (χ0) is 7.84. The average molecular weight is 214 g/mol. The lowest BCUT2D eigenvalue weighted by atomic mass is 10.2. The lowest BCUT2D eigenvalue weighted by molar-refractivity contribution is 0.180. The summed E-state index contributed by atoms with van der Waals surface area (Å²) in [5, 5.41) is 9.44. The molecule has 0 aromatic carbocycles. The minimum atomic E-state index is -0.296. The Morgan fingerprint density at radius 1 is 1.64 bits per heavy atom. The second-order valence-electron chi connectivity index (χ2n) is 2.74. The van der Waals surface area contributed by atoms with Crippen molar-refractivity contribution in [3.63, 3.8) is 0 Å². The van der Waals surface area contributed by atoms with E-state index in [2.05, 4.69) is 20.9 Å². The first kappa shape index (κ1) is 7.25. The number of aryl methyl sites for hydroxylation is 1. The van der Waals surface area contributed by atoms with E-state index in [1.807, 2.05) is 6.07 Å². The minimum Gasteiger partial charge on any atom is -0.388 e. The van der Waals surface area contributed by atoms with Crippen molar-refractivity contribution in [2.45, 2.75) is 18.9 Å². The molecule has 11 heavy (non-hydrogen) atoms. The predicted octanol–water partition coefficient (Wildman–Crippen LogP) is 1.82. The third-order valence-corrected chi connectivity index (χ3v) is 2.42. The fraction of sp³-hybridized carbons (Fsp3) is 0.375. The molecule has 1 heterocycles. The van der Waals surface area contributed by atoms with Gasteiger partial charge in [0.25, 0.3) is 0 Å². The Morgan fingerprint density at radius 3 is 3.27 bits per heavy atom. The van der Waals surface area contributed by atoms with Crippen LogP contribution in [0.3, 0.4) is 0 Å². The van der Waals surface area contributed by atoms with Gasteiger partial charge in [0.1, 0.15) is 0 Å². The van der Waals surface area contributed by atoms with Crippen molar-refractivity contribution in [3.05, 3.63) is 28.0 Å². The van der Waals surface area contributed by atoms with Crippen molar-refractivity contribution in [3.8, 4) is 0 Å². The van der Waals surface area contributed by atoms with Crippen LogP contribution in [0.5, 0.6) is 0 Å². The van der Waals surface area contributed by atoms with Gasteiger partial charge in [-0.25, -0.2) is 0 Å². The van der Waals surface area contributed by atoms with E-state index < -0.39 is 0 Å². The molecule has 1 unspecified atom stereocenters. The molecule has 0 radical (unpaired) electrons. The first-order chi connectivity index (χ1) is 5.27. The fourth-order valence-corrected chi connectivity index (χ4v) is 1.76. The molecule has 1 atom stereocenters. The number of hydrogen-bond donors (Lipinski definition) is 1. The lowest BCUT2D eigenvalue weighted by Gasteiger charge is -2.01. The normalized spacial score (nSPS) is 21.8. The number of rotatable bonds is 0. The van der Waals surface area contributed by atoms with Crippen LogP contribution >= 0.6 is 15.9 Å². The van der Waals surface area contributed by atoms with E-state index in [1.54, 1.807) is 6.20 Å². The van der Waals surface area contributed by atoms with Gasteiger partial charge < -0.3 is 5.11 Å². The number of hydrogen-bond acceptors (Lipinski definition) is 2. The highest BCUT2D eigenvalue weighted by Gasteiger charge is 2.20. The Hall–Kier alpha value is -0.410. The van der Waals surface area contributed by atoms with E-state index in [0.717, 1.165) is 28.6 Å². The quantitative estimate of drug-likeness (QED) is 0.714. The van der Waals surface area contributed by atoms with Crippen LogP contribution < -0.4 is 0 Å². The first-order valence-corrected chi connectivity index (χ1v) is 4.39. The van der Waals surface area contributed by atoms with Crippen molar-refractivity contribution in [2.75, 3.05) is 0 Å². The number of fused-ring (bicyclic) bond motifs is 1. The van der Waals surface area contributed by atoms with Crippen LogP contribution in [0.1, 0.15) is 23.8 Å². The van der Waals surface area contributed by atoms with E-state index in [9.17, 15) is 5.11 Å². The van der Waals surface area contributed by atoms with Gasteiger partial charge in [-0.15, -0.1) is 0 Å². The summed E-state index contributed by atoms with van der Waals surface area (Å²) >= 11 is 3.32. The summed E-state index contributed by atoms with van der Waals surface area (Å²) in [5.74, 6) is 0. The largest absolute Gasteiger partial charge is 0.388 e. The number of aliphatic hydroxyl groups is 1. The molecule has 0 spiro atoms. The molecule has 3 heteroatoms. The molecule has 0 amide bonds. The Morgan fingerprint density at radius 2 is 2.45 bits per heavy atom. The number of halogens is 1. The van der Waals surface area contributed by atoms with Crippen LogP contribution in [0.4, 0.5) is 0 Å². The Kier molecular flexibility index (Phi) is 1.69. The second kappa shape index (κ2) is 2.57. The van der Waals surface area contributed by atoms with Crippen molar-refractivity contribution < 1.29 is 5.11 Å². The molecule has 0 bridgehead atoms. The highest BCUT2D eigenvalue weighted by atomic mass is 79.9. The van der Waals surface area contributed by atoms with Crippen molar-refractivity contribution >= 4 is 15.9 Å². The third-order valence-electron chi connectivity index (χ3n) is 1.98. The maximum absolute atomic E-state index is 9.44. The summed E-state index contributed by atoms with van der Waals surface area (Å²) in [5.41, 5.74) is 2.03. The molecule has 1 N–H and O–H groups in total. The summed E-state index contributed by atoms with van der Waals surface area (Å²) < 4.78 is 0.942. The molecule has 58 valence electrons. The molecule has 2 nitrogen and oxygen atoms in total. The fourth-order valence-electron chi connectivity index (χ4n) is 1.41. The summed E-state index contributed by atoms with van der Waals surface area (Å²) in [6, 6.07) is 1.94. The van der Waals surface area contributed by atoms with Crippen LogP contribution in [-0.2, 0) is 6.42 Å². The van der Waals surface area contributed by atoms with E-state index in [1.165, 1.54) is 0 Å². The molecule has 1 aromatic heterocycles. The smallest absolute Gasteiger partial charge is 0.0811 e. The Bertz CT molecular complexity index is 287. The first-order valence-electron chi connectivity index (χ1n) is 3.60. The van der Waals surface area contributed by atoms with Gasteiger partial charge in [-0.2, -0.15) is 0 Å². The van der Waals surface area contributed by atoms with Gasteiger partial charge in [-0.3, -0.25) is 4.98 Å². The molecule has 1 aromatic rings. The molecule has 0 aliphatic heterocycles. The Labute approximate surface area is 73.4 Å². The van der Waals surface area contributed by atoms with Crippen molar-refractivity contribution in [1.29, 1.82) is 0 Å². The summed E-state index contributed by atoms with van der Waals surface area (Å²) in [6.45, 7) is 0. The topological polar surface area (TPSA) is 33.1 Å². The van der Waals surface area contributed by atoms with E-state index in [4.69, 9.17) is 0 Å². The predicted molar refractivity (Wildman–Crippen MR) is 45.2 cm³/mol. The molecule has 1 aliphatic rings. The summed E-state index contributed by atoms with van der Waals surface area (Å²) in [7, 11) is 0. The van der Waals surface area contributed by atoms with Crippen LogP contribution in [-0.4, -0.2) is 10.1 Å². The van der Waals surface area contributed by atoms with E-state index >= 15 is 0 Å². The molecular formula is C8H8BrNO. The summed E-state index contributed by atoms with van der Waals surface area (Å²) in [4.78, 5) is 4.20. The minimum absolute atomic E-state index is 0.296. The number of nitrogens with zero attached hydrogens (tertiary/aromatic N) is 1. The highest BCUT2D eigenvalue weighted by molar-refractivity contribution is 9.10. The highest BCUT2D eigenvalue weighted by Crippen LogP contribution is 2.30. The Balaban J connectivity index is 2.52. The SMILES string of the molecule is OC1CCc2ncc(Br)cc21. The monoisotopic (exact) mass is 213 g/mol. The second-order valence-corrected chi connectivity index (χ2v) is 3.66. The average Bonchev–Trinajstić information content (AvgIpc) is 2.33. The van der Waals surface area contributed by atoms with Gasteiger partial charge in [0.15, 0.2) is 0 Å². The van der Waals surface area contributed by atoms with Crippen LogP contribution in [0, 0.1) is 0 Å². The zero-order valence-corrected chi connectivity index (χ0v) is 7.50. The van der Waals surface area contributed by atoms with Gasteiger partial charge >= 0.3 is 0 Å². The van der Waals surface area contributed by atoms with Gasteiger partial charge in [-0.05, 0) is 34.8 Å². The molecule has 1 aliphatic carbocycles.